The minimum Gasteiger partial charge on any atom is -0.507 e. The van der Waals surface area contributed by atoms with Gasteiger partial charge in [-0.15, -0.1) is 6.58 Å². The van der Waals surface area contributed by atoms with E-state index in [2.05, 4.69) is 6.58 Å². The summed E-state index contributed by atoms with van der Waals surface area (Å²) < 4.78 is 5.14. The molecule has 1 atom stereocenters. The number of halogens is 1. The fourth-order valence-corrected chi connectivity index (χ4v) is 4.54. The number of ether oxygens (including phenoxy) is 1. The molecule has 2 amide bonds. The molecule has 0 bridgehead atoms. The smallest absolute Gasteiger partial charge is 0.296 e. The lowest BCUT2D eigenvalue weighted by Gasteiger charge is -2.34. The van der Waals surface area contributed by atoms with E-state index in [1.807, 2.05) is 0 Å². The van der Waals surface area contributed by atoms with Gasteiger partial charge < -0.3 is 19.6 Å². The first-order valence-corrected chi connectivity index (χ1v) is 10.3. The van der Waals surface area contributed by atoms with Crippen LogP contribution in [0.1, 0.15) is 11.1 Å². The largest absolute Gasteiger partial charge is 0.507 e. The molecule has 8 heteroatoms. The molecule has 1 saturated heterocycles. The van der Waals surface area contributed by atoms with Crippen molar-refractivity contribution in [2.75, 3.05) is 31.7 Å². The van der Waals surface area contributed by atoms with E-state index in [0.717, 1.165) is 0 Å². The molecule has 0 radical (unpaired) electrons. The maximum atomic E-state index is 14.0. The number of nitrogens with zero attached hydrogens (tertiary/aromatic N) is 2. The normalized spacial score (nSPS) is 21.5. The summed E-state index contributed by atoms with van der Waals surface area (Å²) in [5.41, 5.74) is -0.826. The fraction of sp³-hybridized carbons (Fsp3) is 0.208. The number of carbonyl (C=O) groups is 3. The van der Waals surface area contributed by atoms with Crippen molar-refractivity contribution < 1.29 is 24.2 Å². The second kappa shape index (κ2) is 8.26. The molecule has 1 N–H and O–H groups in total. The zero-order valence-electron chi connectivity index (χ0n) is 17.4. The summed E-state index contributed by atoms with van der Waals surface area (Å²) in [7, 11) is 1.46. The Balaban J connectivity index is 2.06. The van der Waals surface area contributed by atoms with E-state index in [0.29, 0.717) is 16.3 Å². The van der Waals surface area contributed by atoms with Gasteiger partial charge in [-0.1, -0.05) is 35.9 Å². The van der Waals surface area contributed by atoms with Gasteiger partial charge >= 0.3 is 0 Å². The molecule has 0 aromatic heterocycles. The minimum atomic E-state index is -1.81. The Labute approximate surface area is 190 Å². The van der Waals surface area contributed by atoms with Crippen LogP contribution in [0.15, 0.2) is 66.8 Å². The highest BCUT2D eigenvalue weighted by atomic mass is 35.5. The number of aliphatic hydroxyl groups excluding tert-OH is 1. The number of benzene rings is 2. The molecule has 1 spiro atoms. The van der Waals surface area contributed by atoms with E-state index >= 15 is 0 Å². The number of ketones is 1. The summed E-state index contributed by atoms with van der Waals surface area (Å²) in [6, 6.07) is 13.1. The maximum absolute atomic E-state index is 14.0. The lowest BCUT2D eigenvalue weighted by molar-refractivity contribution is -0.144. The SMILES string of the molecule is C=CCN1C(=O)[C@]2(C(=C(O)c3ccc(Cl)cc3)C(=O)C(=O)N2CCOC)c2ccccc21. The van der Waals surface area contributed by atoms with Gasteiger partial charge in [-0.2, -0.15) is 0 Å². The third kappa shape index (κ3) is 2.97. The quantitative estimate of drug-likeness (QED) is 0.315. The van der Waals surface area contributed by atoms with Gasteiger partial charge in [0.2, 0.25) is 0 Å². The molecule has 7 nitrogen and oxygen atoms in total. The molecule has 2 aromatic carbocycles. The lowest BCUT2D eigenvalue weighted by atomic mass is 9.82. The van der Waals surface area contributed by atoms with Crippen molar-refractivity contribution in [1.82, 2.24) is 4.90 Å². The number of aliphatic hydroxyl groups is 1. The third-order valence-corrected chi connectivity index (χ3v) is 6.01. The average Bonchev–Trinajstić information content (AvgIpc) is 3.17. The summed E-state index contributed by atoms with van der Waals surface area (Å²) in [5, 5.41) is 11.7. The number of fused-ring (bicyclic) bond motifs is 2. The topological polar surface area (TPSA) is 87.2 Å². The van der Waals surface area contributed by atoms with Crippen LogP contribution < -0.4 is 4.90 Å². The molecular formula is C24H21ClN2O5. The van der Waals surface area contributed by atoms with E-state index in [-0.39, 0.29) is 30.8 Å². The number of hydrogen-bond acceptors (Lipinski definition) is 5. The van der Waals surface area contributed by atoms with Crippen LogP contribution >= 0.6 is 11.6 Å². The highest BCUT2D eigenvalue weighted by Gasteiger charge is 2.66. The van der Waals surface area contributed by atoms with Crippen LogP contribution in [-0.2, 0) is 24.7 Å². The maximum Gasteiger partial charge on any atom is 0.296 e. The molecule has 0 aliphatic carbocycles. The number of carbonyl (C=O) groups excluding carboxylic acids is 3. The second-order valence-corrected chi connectivity index (χ2v) is 7.88. The van der Waals surface area contributed by atoms with Crippen LogP contribution in [-0.4, -0.2) is 54.4 Å². The third-order valence-electron chi connectivity index (χ3n) is 5.76. The minimum absolute atomic E-state index is 0.0134. The van der Waals surface area contributed by atoms with E-state index in [1.165, 1.54) is 29.0 Å². The molecule has 4 rings (SSSR count). The fourth-order valence-electron chi connectivity index (χ4n) is 4.41. The first-order valence-electron chi connectivity index (χ1n) is 9.96. The molecule has 164 valence electrons. The zero-order valence-corrected chi connectivity index (χ0v) is 18.1. The van der Waals surface area contributed by atoms with Crippen molar-refractivity contribution in [3.05, 3.63) is 82.9 Å². The first-order chi connectivity index (χ1) is 15.4. The number of Topliss-reactive ketones (excluding diaryl/α,β-unsaturated/α-hetero) is 1. The van der Waals surface area contributed by atoms with Crippen LogP contribution in [0.3, 0.4) is 0 Å². The van der Waals surface area contributed by atoms with Gasteiger partial charge in [-0.3, -0.25) is 14.4 Å². The van der Waals surface area contributed by atoms with Crippen molar-refractivity contribution in [3.63, 3.8) is 0 Å². The predicted molar refractivity (Wildman–Crippen MR) is 120 cm³/mol. The number of hydrogen-bond donors (Lipinski definition) is 1. The Bertz CT molecular complexity index is 1160. The van der Waals surface area contributed by atoms with Gasteiger partial charge in [-0.05, 0) is 30.3 Å². The summed E-state index contributed by atoms with van der Waals surface area (Å²) in [6.45, 7) is 3.98. The predicted octanol–water partition coefficient (Wildman–Crippen LogP) is 3.09. The molecule has 0 unspecified atom stereocenters. The number of methoxy groups -OCH3 is 1. The Morgan fingerprint density at radius 3 is 2.50 bits per heavy atom. The monoisotopic (exact) mass is 452 g/mol. The van der Waals surface area contributed by atoms with Gasteiger partial charge in [0.25, 0.3) is 17.6 Å². The zero-order chi connectivity index (χ0) is 23.0. The van der Waals surface area contributed by atoms with Crippen molar-refractivity contribution >= 4 is 40.6 Å². The standard InChI is InChI=1S/C24H21ClN2O5/c1-3-12-26-18-7-5-4-6-17(18)24(23(26)31)19(20(28)15-8-10-16(25)11-9-15)21(29)22(30)27(24)13-14-32-2/h3-11,28H,1,12-14H2,2H3/t24-/m1/s1. The van der Waals surface area contributed by atoms with Crippen molar-refractivity contribution in [3.8, 4) is 0 Å². The number of para-hydroxylation sites is 1. The van der Waals surface area contributed by atoms with Gasteiger partial charge in [0, 0.05) is 36.3 Å². The van der Waals surface area contributed by atoms with Crippen molar-refractivity contribution in [1.29, 1.82) is 0 Å². The molecule has 1 fully saturated rings. The van der Waals surface area contributed by atoms with E-state index in [9.17, 15) is 19.5 Å². The number of amides is 2. The second-order valence-electron chi connectivity index (χ2n) is 7.44. The molecule has 32 heavy (non-hydrogen) atoms. The van der Waals surface area contributed by atoms with Crippen LogP contribution in [0.5, 0.6) is 0 Å². The molecule has 0 saturated carbocycles. The van der Waals surface area contributed by atoms with Crippen LogP contribution in [0, 0.1) is 0 Å². The van der Waals surface area contributed by atoms with Gasteiger partial charge in [-0.25, -0.2) is 0 Å². The first kappa shape index (κ1) is 21.8. The Morgan fingerprint density at radius 1 is 1.16 bits per heavy atom. The van der Waals surface area contributed by atoms with E-state index in [1.54, 1.807) is 42.5 Å². The molecular weight excluding hydrogens is 432 g/mol. The molecule has 2 aromatic rings. The summed E-state index contributed by atoms with van der Waals surface area (Å²) in [6.07, 6.45) is 1.56. The van der Waals surface area contributed by atoms with Crippen LogP contribution in [0.2, 0.25) is 5.02 Å². The number of likely N-dealkylation sites (tertiary alicyclic amines) is 1. The Hall–Kier alpha value is -3.42. The van der Waals surface area contributed by atoms with Gasteiger partial charge in [0.15, 0.2) is 5.54 Å². The van der Waals surface area contributed by atoms with Crippen molar-refractivity contribution in [2.24, 2.45) is 0 Å². The van der Waals surface area contributed by atoms with Gasteiger partial charge in [0.05, 0.1) is 17.9 Å². The Morgan fingerprint density at radius 2 is 1.84 bits per heavy atom. The molecule has 2 aliphatic rings. The van der Waals surface area contributed by atoms with Crippen molar-refractivity contribution in [2.45, 2.75) is 5.54 Å². The number of anilines is 1. The number of rotatable bonds is 6. The van der Waals surface area contributed by atoms with Gasteiger partial charge in [0.1, 0.15) is 5.76 Å². The Kier molecular flexibility index (Phi) is 5.62. The summed E-state index contributed by atoms with van der Waals surface area (Å²) in [4.78, 5) is 43.1. The summed E-state index contributed by atoms with van der Waals surface area (Å²) >= 11 is 5.96. The molecule has 2 heterocycles. The van der Waals surface area contributed by atoms with Crippen LogP contribution in [0.25, 0.3) is 5.76 Å². The summed E-state index contributed by atoms with van der Waals surface area (Å²) in [5.74, 6) is -2.76. The average molecular weight is 453 g/mol. The van der Waals surface area contributed by atoms with Crippen LogP contribution in [0.4, 0.5) is 5.69 Å². The highest BCUT2D eigenvalue weighted by molar-refractivity contribution is 6.50. The van der Waals surface area contributed by atoms with E-state index in [4.69, 9.17) is 16.3 Å². The van der Waals surface area contributed by atoms with E-state index < -0.39 is 28.9 Å². The highest BCUT2D eigenvalue weighted by Crippen LogP contribution is 2.53. The molecule has 2 aliphatic heterocycles. The lowest BCUT2D eigenvalue weighted by Crippen LogP contribution is -2.52.